The van der Waals surface area contributed by atoms with Gasteiger partial charge >= 0.3 is 0 Å². The quantitative estimate of drug-likeness (QED) is 0.722. The van der Waals surface area contributed by atoms with Crippen molar-refractivity contribution in [1.82, 2.24) is 9.97 Å². The van der Waals surface area contributed by atoms with E-state index in [1.807, 2.05) is 49.4 Å². The second kappa shape index (κ2) is 5.32. The number of aryl methyl sites for hydroxylation is 1. The molecule has 4 heteroatoms. The molecule has 0 aliphatic rings. The summed E-state index contributed by atoms with van der Waals surface area (Å²) in [6, 6.07) is 13.2. The fraction of sp³-hybridized carbons (Fsp3) is 0.118. The highest BCUT2D eigenvalue weighted by atomic mass is 16.2. The maximum absolute atomic E-state index is 12.6. The molecule has 4 nitrogen and oxygen atoms in total. The molecule has 1 amide bonds. The molecule has 0 N–H and O–H groups in total. The molecule has 2 aromatic carbocycles. The minimum Gasteiger partial charge on any atom is -0.311 e. The van der Waals surface area contributed by atoms with Crippen molar-refractivity contribution in [1.29, 1.82) is 0 Å². The summed E-state index contributed by atoms with van der Waals surface area (Å²) in [5.41, 5.74) is 4.07. The van der Waals surface area contributed by atoms with Gasteiger partial charge in [0.25, 0.3) is 5.91 Å². The van der Waals surface area contributed by atoms with Crippen LogP contribution in [-0.4, -0.2) is 22.9 Å². The Morgan fingerprint density at radius 1 is 1.00 bits per heavy atom. The van der Waals surface area contributed by atoms with Crippen molar-refractivity contribution in [2.75, 3.05) is 11.9 Å². The molecular formula is C17H15N3O. The SMILES string of the molecule is Cc1ccccc1C(=O)N(C)c1ccc2nccnc2c1. The molecule has 0 spiro atoms. The molecule has 0 radical (unpaired) electrons. The highest BCUT2D eigenvalue weighted by molar-refractivity contribution is 6.07. The zero-order chi connectivity index (χ0) is 14.8. The lowest BCUT2D eigenvalue weighted by Crippen LogP contribution is -2.26. The van der Waals surface area contributed by atoms with Crippen LogP contribution >= 0.6 is 0 Å². The zero-order valence-corrected chi connectivity index (χ0v) is 11.9. The van der Waals surface area contributed by atoms with E-state index in [9.17, 15) is 4.79 Å². The van der Waals surface area contributed by atoms with Gasteiger partial charge in [0, 0.05) is 30.7 Å². The molecular weight excluding hydrogens is 262 g/mol. The third-order valence-corrected chi connectivity index (χ3v) is 3.52. The van der Waals surface area contributed by atoms with Crippen LogP contribution in [0.2, 0.25) is 0 Å². The van der Waals surface area contributed by atoms with Gasteiger partial charge in [-0.3, -0.25) is 14.8 Å². The number of benzene rings is 2. The van der Waals surface area contributed by atoms with Crippen molar-refractivity contribution in [3.8, 4) is 0 Å². The predicted octanol–water partition coefficient (Wildman–Crippen LogP) is 3.21. The summed E-state index contributed by atoms with van der Waals surface area (Å²) in [5, 5.41) is 0. The number of anilines is 1. The summed E-state index contributed by atoms with van der Waals surface area (Å²) in [6.45, 7) is 1.94. The number of carbonyl (C=O) groups is 1. The highest BCUT2D eigenvalue weighted by Gasteiger charge is 2.15. The maximum atomic E-state index is 12.6. The first-order valence-electron chi connectivity index (χ1n) is 6.71. The second-order valence-corrected chi connectivity index (χ2v) is 4.91. The van der Waals surface area contributed by atoms with E-state index in [1.54, 1.807) is 24.3 Å². The largest absolute Gasteiger partial charge is 0.311 e. The first-order chi connectivity index (χ1) is 10.2. The van der Waals surface area contributed by atoms with Crippen LogP contribution in [0.15, 0.2) is 54.9 Å². The average molecular weight is 277 g/mol. The Morgan fingerprint density at radius 2 is 1.71 bits per heavy atom. The van der Waals surface area contributed by atoms with Crippen molar-refractivity contribution in [3.05, 3.63) is 66.0 Å². The standard InChI is InChI=1S/C17H15N3O/c1-12-5-3-4-6-14(12)17(21)20(2)13-7-8-15-16(11-13)19-10-9-18-15/h3-11H,1-2H3. The van der Waals surface area contributed by atoms with Crippen molar-refractivity contribution >= 4 is 22.6 Å². The molecule has 0 atom stereocenters. The first kappa shape index (κ1) is 13.2. The van der Waals surface area contributed by atoms with Gasteiger partial charge in [-0.1, -0.05) is 18.2 Å². The predicted molar refractivity (Wildman–Crippen MR) is 83.5 cm³/mol. The van der Waals surface area contributed by atoms with Gasteiger partial charge in [-0.2, -0.15) is 0 Å². The number of fused-ring (bicyclic) bond motifs is 1. The molecule has 0 bridgehead atoms. The summed E-state index contributed by atoms with van der Waals surface area (Å²) in [4.78, 5) is 22.7. The van der Waals surface area contributed by atoms with Crippen molar-refractivity contribution in [2.24, 2.45) is 0 Å². The maximum Gasteiger partial charge on any atom is 0.258 e. The lowest BCUT2D eigenvalue weighted by Gasteiger charge is -2.18. The fourth-order valence-corrected chi connectivity index (χ4v) is 2.27. The Hall–Kier alpha value is -2.75. The summed E-state index contributed by atoms with van der Waals surface area (Å²) in [7, 11) is 1.77. The molecule has 0 aliphatic carbocycles. The van der Waals surface area contributed by atoms with E-state index in [0.29, 0.717) is 5.56 Å². The summed E-state index contributed by atoms with van der Waals surface area (Å²) >= 11 is 0. The minimum atomic E-state index is -0.0312. The molecule has 104 valence electrons. The molecule has 0 saturated carbocycles. The molecule has 0 fully saturated rings. The molecule has 0 saturated heterocycles. The lowest BCUT2D eigenvalue weighted by molar-refractivity contribution is 0.0992. The van der Waals surface area contributed by atoms with E-state index >= 15 is 0 Å². The topological polar surface area (TPSA) is 46.1 Å². The summed E-state index contributed by atoms with van der Waals surface area (Å²) in [5.74, 6) is -0.0312. The molecule has 21 heavy (non-hydrogen) atoms. The number of nitrogens with zero attached hydrogens (tertiary/aromatic N) is 3. The number of hydrogen-bond donors (Lipinski definition) is 0. The minimum absolute atomic E-state index is 0.0312. The van der Waals surface area contributed by atoms with E-state index in [1.165, 1.54) is 0 Å². The van der Waals surface area contributed by atoms with Gasteiger partial charge in [0.05, 0.1) is 11.0 Å². The van der Waals surface area contributed by atoms with Crippen LogP contribution < -0.4 is 4.90 Å². The Labute approximate surface area is 123 Å². The highest BCUT2D eigenvalue weighted by Crippen LogP contribution is 2.21. The van der Waals surface area contributed by atoms with Crippen LogP contribution in [0.1, 0.15) is 15.9 Å². The van der Waals surface area contributed by atoms with E-state index < -0.39 is 0 Å². The summed E-state index contributed by atoms with van der Waals surface area (Å²) in [6.07, 6.45) is 3.31. The molecule has 1 aromatic heterocycles. The average Bonchev–Trinajstić information content (AvgIpc) is 2.53. The van der Waals surface area contributed by atoms with Crippen LogP contribution in [0.3, 0.4) is 0 Å². The van der Waals surface area contributed by atoms with Crippen molar-refractivity contribution in [2.45, 2.75) is 6.92 Å². The van der Waals surface area contributed by atoms with Crippen LogP contribution in [0.25, 0.3) is 11.0 Å². The Bertz CT molecular complexity index is 814. The van der Waals surface area contributed by atoms with Gasteiger partial charge in [0.15, 0.2) is 0 Å². The third kappa shape index (κ3) is 2.48. The van der Waals surface area contributed by atoms with E-state index in [0.717, 1.165) is 22.3 Å². The molecule has 1 heterocycles. The van der Waals surface area contributed by atoms with E-state index in [4.69, 9.17) is 0 Å². The Balaban J connectivity index is 1.98. The Kier molecular flexibility index (Phi) is 3.36. The van der Waals surface area contributed by atoms with E-state index in [2.05, 4.69) is 9.97 Å². The molecule has 3 rings (SSSR count). The number of aromatic nitrogens is 2. The van der Waals surface area contributed by atoms with Crippen molar-refractivity contribution < 1.29 is 4.79 Å². The van der Waals surface area contributed by atoms with Crippen LogP contribution in [-0.2, 0) is 0 Å². The first-order valence-corrected chi connectivity index (χ1v) is 6.71. The second-order valence-electron chi connectivity index (χ2n) is 4.91. The number of hydrogen-bond acceptors (Lipinski definition) is 3. The van der Waals surface area contributed by atoms with E-state index in [-0.39, 0.29) is 5.91 Å². The smallest absolute Gasteiger partial charge is 0.258 e. The normalized spacial score (nSPS) is 10.6. The van der Waals surface area contributed by atoms with Crippen LogP contribution in [0, 0.1) is 6.92 Å². The number of carbonyl (C=O) groups excluding carboxylic acids is 1. The van der Waals surface area contributed by atoms with Crippen LogP contribution in [0.5, 0.6) is 0 Å². The van der Waals surface area contributed by atoms with Gasteiger partial charge in [-0.15, -0.1) is 0 Å². The van der Waals surface area contributed by atoms with Crippen LogP contribution in [0.4, 0.5) is 5.69 Å². The summed E-state index contributed by atoms with van der Waals surface area (Å²) < 4.78 is 0. The van der Waals surface area contributed by atoms with Crippen molar-refractivity contribution in [3.63, 3.8) is 0 Å². The van der Waals surface area contributed by atoms with Gasteiger partial charge < -0.3 is 4.90 Å². The lowest BCUT2D eigenvalue weighted by atomic mass is 10.1. The molecule has 0 aliphatic heterocycles. The number of amides is 1. The number of rotatable bonds is 2. The fourth-order valence-electron chi connectivity index (χ4n) is 2.27. The third-order valence-electron chi connectivity index (χ3n) is 3.52. The van der Waals surface area contributed by atoms with Gasteiger partial charge in [0.1, 0.15) is 0 Å². The zero-order valence-electron chi connectivity index (χ0n) is 11.9. The molecule has 3 aromatic rings. The Morgan fingerprint density at radius 3 is 2.48 bits per heavy atom. The van der Waals surface area contributed by atoms with Gasteiger partial charge in [-0.05, 0) is 36.8 Å². The monoisotopic (exact) mass is 277 g/mol. The van der Waals surface area contributed by atoms with Gasteiger partial charge in [0.2, 0.25) is 0 Å². The van der Waals surface area contributed by atoms with Gasteiger partial charge in [-0.25, -0.2) is 0 Å². The molecule has 0 unspecified atom stereocenters.